The fraction of sp³-hybridized carbons (Fsp3) is 0. The standard InChI is InChI=1S/C30H20N6O6S/c37-19-8-5-17(6-9-19)31-28-22-15-18(32-29(39)24-16-43-30(34-24)21-3-1-2-4-25(21)38)7-12-23(22)33-26(35-28)13-10-20-11-14-27(42-20)36(40)41/h1-16,37-38H,(H,32,39)(H,31,33,35)/b13-10+. The van der Waals surface area contributed by atoms with Crippen molar-refractivity contribution in [3.05, 3.63) is 112 Å². The van der Waals surface area contributed by atoms with E-state index in [1.54, 1.807) is 66.1 Å². The molecule has 13 heteroatoms. The predicted molar refractivity (Wildman–Crippen MR) is 162 cm³/mol. The number of hydrogen-bond acceptors (Lipinski definition) is 11. The van der Waals surface area contributed by atoms with Crippen LogP contribution in [0.3, 0.4) is 0 Å². The van der Waals surface area contributed by atoms with Crippen molar-refractivity contribution in [2.45, 2.75) is 0 Å². The van der Waals surface area contributed by atoms with Crippen LogP contribution in [0.2, 0.25) is 0 Å². The topological polar surface area (TPSA) is 177 Å². The van der Waals surface area contributed by atoms with Gasteiger partial charge in [0.15, 0.2) is 5.82 Å². The molecule has 3 aromatic heterocycles. The average Bonchev–Trinajstić information content (AvgIpc) is 3.69. The molecule has 6 rings (SSSR count). The molecule has 6 aromatic rings. The monoisotopic (exact) mass is 592 g/mol. The molecule has 0 spiro atoms. The molecule has 0 aliphatic carbocycles. The maximum absolute atomic E-state index is 13.0. The molecule has 0 saturated carbocycles. The summed E-state index contributed by atoms with van der Waals surface area (Å²) < 4.78 is 5.18. The van der Waals surface area contributed by atoms with Crippen molar-refractivity contribution < 1.29 is 24.3 Å². The van der Waals surface area contributed by atoms with Crippen LogP contribution >= 0.6 is 11.3 Å². The maximum Gasteiger partial charge on any atom is 0.433 e. The Morgan fingerprint density at radius 1 is 0.930 bits per heavy atom. The first-order valence-electron chi connectivity index (χ1n) is 12.7. The molecule has 0 radical (unpaired) electrons. The third-order valence-electron chi connectivity index (χ3n) is 6.16. The lowest BCUT2D eigenvalue weighted by atomic mass is 10.2. The van der Waals surface area contributed by atoms with Crippen molar-refractivity contribution in [1.29, 1.82) is 0 Å². The number of hydrogen-bond donors (Lipinski definition) is 4. The van der Waals surface area contributed by atoms with E-state index >= 15 is 0 Å². The highest BCUT2D eigenvalue weighted by Crippen LogP contribution is 2.32. The number of nitrogens with one attached hydrogen (secondary N) is 2. The van der Waals surface area contributed by atoms with E-state index in [1.807, 2.05) is 0 Å². The quantitative estimate of drug-likeness (QED) is 0.0832. The van der Waals surface area contributed by atoms with Crippen molar-refractivity contribution in [2.24, 2.45) is 0 Å². The highest BCUT2D eigenvalue weighted by molar-refractivity contribution is 7.13. The minimum Gasteiger partial charge on any atom is -0.508 e. The number of phenols is 2. The number of carbonyl (C=O) groups excluding carboxylic acids is 1. The smallest absolute Gasteiger partial charge is 0.433 e. The number of phenolic OH excluding ortho intramolecular Hbond substituents is 2. The van der Waals surface area contributed by atoms with Gasteiger partial charge in [-0.15, -0.1) is 11.3 Å². The zero-order valence-corrected chi connectivity index (χ0v) is 22.8. The number of amides is 1. The lowest BCUT2D eigenvalue weighted by Gasteiger charge is -2.12. The summed E-state index contributed by atoms with van der Waals surface area (Å²) in [6.45, 7) is 0. The molecule has 1 amide bonds. The first-order valence-corrected chi connectivity index (χ1v) is 13.6. The van der Waals surface area contributed by atoms with Gasteiger partial charge >= 0.3 is 5.88 Å². The third-order valence-corrected chi connectivity index (χ3v) is 7.04. The number of rotatable bonds is 8. The van der Waals surface area contributed by atoms with Gasteiger partial charge in [0.1, 0.15) is 38.7 Å². The van der Waals surface area contributed by atoms with E-state index in [4.69, 9.17) is 4.42 Å². The molecular weight excluding hydrogens is 572 g/mol. The number of carbonyl (C=O) groups is 1. The van der Waals surface area contributed by atoms with Crippen LogP contribution in [-0.2, 0) is 0 Å². The number of anilines is 3. The molecule has 212 valence electrons. The van der Waals surface area contributed by atoms with Gasteiger partial charge in [-0.05, 0) is 72.8 Å². The van der Waals surface area contributed by atoms with Gasteiger partial charge in [0.2, 0.25) is 0 Å². The molecule has 43 heavy (non-hydrogen) atoms. The Hall–Kier alpha value is -6.08. The third kappa shape index (κ3) is 6.01. The Bertz CT molecular complexity index is 2020. The molecule has 0 aliphatic rings. The Morgan fingerprint density at radius 2 is 1.72 bits per heavy atom. The van der Waals surface area contributed by atoms with Crippen LogP contribution < -0.4 is 10.6 Å². The molecule has 0 unspecified atom stereocenters. The molecule has 0 fully saturated rings. The summed E-state index contributed by atoms with van der Waals surface area (Å²) >= 11 is 1.24. The van der Waals surface area contributed by atoms with Gasteiger partial charge in [-0.1, -0.05) is 12.1 Å². The Balaban J connectivity index is 1.31. The summed E-state index contributed by atoms with van der Waals surface area (Å²) in [7, 11) is 0. The minimum atomic E-state index is -0.624. The first-order chi connectivity index (χ1) is 20.8. The maximum atomic E-state index is 13.0. The van der Waals surface area contributed by atoms with Crippen molar-refractivity contribution in [3.8, 4) is 22.1 Å². The van der Waals surface area contributed by atoms with Gasteiger partial charge in [-0.2, -0.15) is 0 Å². The van der Waals surface area contributed by atoms with Crippen molar-refractivity contribution >= 4 is 63.4 Å². The lowest BCUT2D eigenvalue weighted by Crippen LogP contribution is -2.12. The molecular formula is C30H20N6O6S. The van der Waals surface area contributed by atoms with Crippen LogP contribution in [0.15, 0.2) is 88.7 Å². The number of aromatic nitrogens is 3. The number of nitrogens with zero attached hydrogens (tertiary/aromatic N) is 4. The molecule has 4 N–H and O–H groups in total. The average molecular weight is 593 g/mol. The molecule has 0 aliphatic heterocycles. The molecule has 3 heterocycles. The second-order valence-corrected chi connectivity index (χ2v) is 9.97. The summed E-state index contributed by atoms with van der Waals surface area (Å²) in [5, 5.41) is 39.5. The van der Waals surface area contributed by atoms with Crippen LogP contribution in [0.25, 0.3) is 33.6 Å². The lowest BCUT2D eigenvalue weighted by molar-refractivity contribution is -0.402. The summed E-state index contributed by atoms with van der Waals surface area (Å²) in [5.74, 6) is 0.331. The molecule has 0 atom stereocenters. The van der Waals surface area contributed by atoms with Crippen LogP contribution in [0.1, 0.15) is 22.1 Å². The number of fused-ring (bicyclic) bond motifs is 1. The van der Waals surface area contributed by atoms with Gasteiger partial charge in [0.05, 0.1) is 17.1 Å². The van der Waals surface area contributed by atoms with E-state index in [2.05, 4.69) is 25.6 Å². The van der Waals surface area contributed by atoms with Gasteiger partial charge in [-0.25, -0.2) is 15.0 Å². The first kappa shape index (κ1) is 27.1. The molecule has 12 nitrogen and oxygen atoms in total. The zero-order valence-electron chi connectivity index (χ0n) is 22.0. The minimum absolute atomic E-state index is 0.0756. The van der Waals surface area contributed by atoms with E-state index in [9.17, 15) is 25.1 Å². The number of benzene rings is 3. The second-order valence-electron chi connectivity index (χ2n) is 9.11. The SMILES string of the molecule is O=C(Nc1ccc2nc(/C=C/c3ccc([N+](=O)[O-])o3)nc(Nc3ccc(O)cc3)c2c1)c1csc(-c2ccccc2O)n1. The van der Waals surface area contributed by atoms with Crippen LogP contribution in [0, 0.1) is 10.1 Å². The van der Waals surface area contributed by atoms with Crippen molar-refractivity contribution in [2.75, 3.05) is 10.6 Å². The number of nitro groups is 1. The van der Waals surface area contributed by atoms with Gasteiger partial charge in [0, 0.05) is 22.1 Å². The normalized spacial score (nSPS) is 11.2. The number of para-hydroxylation sites is 1. The summed E-state index contributed by atoms with van der Waals surface area (Å²) in [4.78, 5) is 36.9. The van der Waals surface area contributed by atoms with Crippen LogP contribution in [-0.4, -0.2) is 36.0 Å². The number of aromatic hydroxyl groups is 2. The summed E-state index contributed by atoms with van der Waals surface area (Å²) in [6.07, 6.45) is 3.08. The van der Waals surface area contributed by atoms with Crippen molar-refractivity contribution in [3.63, 3.8) is 0 Å². The second kappa shape index (κ2) is 11.4. The van der Waals surface area contributed by atoms with E-state index in [0.717, 1.165) is 0 Å². The summed E-state index contributed by atoms with van der Waals surface area (Å²) in [6, 6.07) is 21.0. The predicted octanol–water partition coefficient (Wildman–Crippen LogP) is 6.83. The largest absolute Gasteiger partial charge is 0.508 e. The van der Waals surface area contributed by atoms with E-state index in [0.29, 0.717) is 44.5 Å². The highest BCUT2D eigenvalue weighted by Gasteiger charge is 2.16. The van der Waals surface area contributed by atoms with Crippen LogP contribution in [0.5, 0.6) is 11.5 Å². The van der Waals surface area contributed by atoms with Crippen molar-refractivity contribution in [1.82, 2.24) is 15.0 Å². The van der Waals surface area contributed by atoms with Crippen LogP contribution in [0.4, 0.5) is 23.1 Å². The zero-order chi connectivity index (χ0) is 29.9. The van der Waals surface area contributed by atoms with E-state index in [1.165, 1.54) is 41.7 Å². The Labute approximate surface area is 246 Å². The fourth-order valence-electron chi connectivity index (χ4n) is 4.11. The number of thiazole rings is 1. The Kier molecular flexibility index (Phi) is 7.20. The molecule has 0 saturated heterocycles. The van der Waals surface area contributed by atoms with E-state index < -0.39 is 10.8 Å². The van der Waals surface area contributed by atoms with Gasteiger partial charge < -0.3 is 25.3 Å². The fourth-order valence-corrected chi connectivity index (χ4v) is 4.95. The van der Waals surface area contributed by atoms with Gasteiger partial charge in [-0.3, -0.25) is 14.9 Å². The van der Waals surface area contributed by atoms with Gasteiger partial charge in [0.25, 0.3) is 5.91 Å². The Morgan fingerprint density at radius 3 is 2.49 bits per heavy atom. The number of furan rings is 1. The highest BCUT2D eigenvalue weighted by atomic mass is 32.1. The van der Waals surface area contributed by atoms with E-state index in [-0.39, 0.29) is 28.8 Å². The molecule has 3 aromatic carbocycles. The molecule has 0 bridgehead atoms. The summed E-state index contributed by atoms with van der Waals surface area (Å²) in [5.41, 5.74) is 2.39.